The van der Waals surface area contributed by atoms with Crippen molar-refractivity contribution in [2.45, 2.75) is 19.8 Å². The molecule has 0 atom stereocenters. The summed E-state index contributed by atoms with van der Waals surface area (Å²) in [6.07, 6.45) is 2.81. The molecule has 7 nitrogen and oxygen atoms in total. The maximum Gasteiger partial charge on any atom is 0.289 e. The zero-order valence-corrected chi connectivity index (χ0v) is 17.3. The number of carbonyl (C=O) groups is 3. The summed E-state index contributed by atoms with van der Waals surface area (Å²) in [4.78, 5) is 43.4. The Bertz CT molecular complexity index is 891. The molecule has 2 aromatic rings. The minimum Gasteiger partial charge on any atom is -0.459 e. The number of piperazine rings is 1. The van der Waals surface area contributed by atoms with Crippen molar-refractivity contribution in [3.8, 4) is 0 Å². The van der Waals surface area contributed by atoms with E-state index in [0.717, 1.165) is 5.56 Å². The number of hydrogen-bond donors (Lipinski definition) is 0. The fraction of sp³-hybridized carbons (Fsp3) is 0.435. The molecule has 30 heavy (non-hydrogen) atoms. The third kappa shape index (κ3) is 4.25. The lowest BCUT2D eigenvalue weighted by Gasteiger charge is -2.38. The van der Waals surface area contributed by atoms with Gasteiger partial charge in [-0.1, -0.05) is 17.7 Å². The van der Waals surface area contributed by atoms with Crippen LogP contribution in [-0.4, -0.2) is 71.7 Å². The molecule has 7 heteroatoms. The van der Waals surface area contributed by atoms with Crippen molar-refractivity contribution < 1.29 is 18.8 Å². The van der Waals surface area contributed by atoms with Crippen LogP contribution in [0.3, 0.4) is 0 Å². The molecule has 0 unspecified atom stereocenters. The maximum atomic E-state index is 12.9. The minimum atomic E-state index is -0.117. The summed E-state index contributed by atoms with van der Waals surface area (Å²) in [5, 5.41) is 0. The summed E-state index contributed by atoms with van der Waals surface area (Å²) in [5.41, 5.74) is 1.81. The van der Waals surface area contributed by atoms with Crippen LogP contribution >= 0.6 is 0 Å². The summed E-state index contributed by atoms with van der Waals surface area (Å²) >= 11 is 0. The minimum absolute atomic E-state index is 0.0202. The van der Waals surface area contributed by atoms with Gasteiger partial charge in [0, 0.05) is 50.7 Å². The molecule has 1 aromatic heterocycles. The van der Waals surface area contributed by atoms with Crippen molar-refractivity contribution in [1.82, 2.24) is 14.7 Å². The molecule has 0 radical (unpaired) electrons. The highest BCUT2D eigenvalue weighted by Crippen LogP contribution is 2.22. The monoisotopic (exact) mass is 409 g/mol. The number of benzene rings is 1. The number of aryl methyl sites for hydroxylation is 1. The summed E-state index contributed by atoms with van der Waals surface area (Å²) in [6.45, 7) is 5.33. The van der Waals surface area contributed by atoms with Crippen molar-refractivity contribution >= 4 is 17.7 Å². The molecular formula is C23H27N3O4. The Kier molecular flexibility index (Phi) is 5.88. The van der Waals surface area contributed by atoms with Gasteiger partial charge < -0.3 is 19.1 Å². The molecule has 158 valence electrons. The molecular weight excluding hydrogens is 382 g/mol. The normalized spacial score (nSPS) is 17.8. The predicted octanol–water partition coefficient (Wildman–Crippen LogP) is 2.42. The topological polar surface area (TPSA) is 74.1 Å². The Labute approximate surface area is 176 Å². The van der Waals surface area contributed by atoms with Gasteiger partial charge in [-0.3, -0.25) is 14.4 Å². The number of piperidine rings is 1. The summed E-state index contributed by atoms with van der Waals surface area (Å²) in [5.74, 6) is 0.322. The second-order valence-corrected chi connectivity index (χ2v) is 8.03. The van der Waals surface area contributed by atoms with E-state index in [9.17, 15) is 14.4 Å². The summed E-state index contributed by atoms with van der Waals surface area (Å²) in [6, 6.07) is 11.0. The average molecular weight is 409 g/mol. The zero-order valence-electron chi connectivity index (χ0n) is 17.3. The van der Waals surface area contributed by atoms with E-state index in [1.54, 1.807) is 17.0 Å². The third-order valence-corrected chi connectivity index (χ3v) is 6.04. The number of rotatable bonds is 3. The smallest absolute Gasteiger partial charge is 0.289 e. The van der Waals surface area contributed by atoms with Crippen molar-refractivity contribution in [1.29, 1.82) is 0 Å². The number of amides is 3. The van der Waals surface area contributed by atoms with Crippen molar-refractivity contribution in [2.24, 2.45) is 5.92 Å². The first kappa shape index (κ1) is 20.2. The molecule has 0 bridgehead atoms. The molecule has 3 heterocycles. The molecule has 2 aliphatic heterocycles. The van der Waals surface area contributed by atoms with Crippen LogP contribution < -0.4 is 0 Å². The quantitative estimate of drug-likeness (QED) is 0.780. The highest BCUT2D eigenvalue weighted by molar-refractivity contribution is 5.94. The highest BCUT2D eigenvalue weighted by Gasteiger charge is 2.33. The second-order valence-electron chi connectivity index (χ2n) is 8.03. The van der Waals surface area contributed by atoms with E-state index in [0.29, 0.717) is 63.4 Å². The van der Waals surface area contributed by atoms with E-state index in [2.05, 4.69) is 0 Å². The van der Waals surface area contributed by atoms with E-state index in [-0.39, 0.29) is 23.6 Å². The van der Waals surface area contributed by atoms with Crippen molar-refractivity contribution in [3.63, 3.8) is 0 Å². The van der Waals surface area contributed by atoms with E-state index in [4.69, 9.17) is 4.42 Å². The Morgan fingerprint density at radius 3 is 2.00 bits per heavy atom. The number of carbonyl (C=O) groups excluding carboxylic acids is 3. The largest absolute Gasteiger partial charge is 0.459 e. The van der Waals surface area contributed by atoms with Gasteiger partial charge >= 0.3 is 0 Å². The Morgan fingerprint density at radius 1 is 0.800 bits per heavy atom. The Hall–Kier alpha value is -3.09. The second kappa shape index (κ2) is 8.73. The van der Waals surface area contributed by atoms with Crippen LogP contribution in [0.2, 0.25) is 0 Å². The lowest BCUT2D eigenvalue weighted by molar-refractivity contribution is -0.138. The van der Waals surface area contributed by atoms with Crippen LogP contribution in [0.25, 0.3) is 0 Å². The molecule has 2 aliphatic rings. The Balaban J connectivity index is 1.26. The zero-order chi connectivity index (χ0) is 21.1. The maximum absolute atomic E-state index is 12.9. The van der Waals surface area contributed by atoms with Gasteiger partial charge in [-0.25, -0.2) is 0 Å². The van der Waals surface area contributed by atoms with E-state index < -0.39 is 0 Å². The van der Waals surface area contributed by atoms with Gasteiger partial charge in [-0.05, 0) is 44.0 Å². The van der Waals surface area contributed by atoms with Crippen LogP contribution in [-0.2, 0) is 4.79 Å². The molecule has 3 amide bonds. The van der Waals surface area contributed by atoms with E-state index in [1.807, 2.05) is 41.0 Å². The number of nitrogens with zero attached hydrogens (tertiary/aromatic N) is 3. The van der Waals surface area contributed by atoms with Crippen molar-refractivity contribution in [3.05, 3.63) is 59.5 Å². The van der Waals surface area contributed by atoms with Gasteiger partial charge in [-0.15, -0.1) is 0 Å². The summed E-state index contributed by atoms with van der Waals surface area (Å²) < 4.78 is 5.19. The summed E-state index contributed by atoms with van der Waals surface area (Å²) in [7, 11) is 0. The molecule has 0 spiro atoms. The fourth-order valence-electron chi connectivity index (χ4n) is 4.15. The van der Waals surface area contributed by atoms with Crippen LogP contribution in [0.5, 0.6) is 0 Å². The van der Waals surface area contributed by atoms with Crippen molar-refractivity contribution in [2.75, 3.05) is 39.3 Å². The molecule has 0 aliphatic carbocycles. The van der Waals surface area contributed by atoms with E-state index >= 15 is 0 Å². The molecule has 0 saturated carbocycles. The van der Waals surface area contributed by atoms with Crippen LogP contribution in [0.15, 0.2) is 47.1 Å². The molecule has 0 N–H and O–H groups in total. The van der Waals surface area contributed by atoms with Crippen LogP contribution in [0.1, 0.15) is 39.3 Å². The lowest BCUT2D eigenvalue weighted by atomic mass is 9.94. The van der Waals surface area contributed by atoms with Gasteiger partial charge in [0.25, 0.3) is 11.8 Å². The average Bonchev–Trinajstić information content (AvgIpc) is 3.33. The SMILES string of the molecule is Cc1ccc(C(=O)N2CCN(C(=O)C3CCN(C(=O)c4ccco4)CC3)CC2)cc1. The molecule has 2 saturated heterocycles. The van der Waals surface area contributed by atoms with Gasteiger partial charge in [0.2, 0.25) is 5.91 Å². The highest BCUT2D eigenvalue weighted by atomic mass is 16.3. The third-order valence-electron chi connectivity index (χ3n) is 6.04. The molecule has 4 rings (SSSR count). The standard InChI is InChI=1S/C23H27N3O4/c1-17-4-6-18(7-5-17)21(27)25-12-14-26(15-13-25)22(28)19-8-10-24(11-9-19)23(29)20-3-2-16-30-20/h2-7,16,19H,8-15H2,1H3. The van der Waals surface area contributed by atoms with Gasteiger partial charge in [0.15, 0.2) is 5.76 Å². The number of furan rings is 1. The molecule has 1 aromatic carbocycles. The van der Waals surface area contributed by atoms with Crippen LogP contribution in [0, 0.1) is 12.8 Å². The first-order valence-electron chi connectivity index (χ1n) is 10.5. The van der Waals surface area contributed by atoms with Crippen LogP contribution in [0.4, 0.5) is 0 Å². The molecule has 2 fully saturated rings. The Morgan fingerprint density at radius 2 is 1.40 bits per heavy atom. The number of hydrogen-bond acceptors (Lipinski definition) is 4. The van der Waals surface area contributed by atoms with Gasteiger partial charge in [-0.2, -0.15) is 0 Å². The van der Waals surface area contributed by atoms with E-state index in [1.165, 1.54) is 6.26 Å². The first-order valence-corrected chi connectivity index (χ1v) is 10.5. The first-order chi connectivity index (χ1) is 14.5. The predicted molar refractivity (Wildman–Crippen MR) is 111 cm³/mol. The lowest BCUT2D eigenvalue weighted by Crippen LogP contribution is -2.53. The number of likely N-dealkylation sites (tertiary alicyclic amines) is 1. The van der Waals surface area contributed by atoms with Gasteiger partial charge in [0.05, 0.1) is 6.26 Å². The fourth-order valence-corrected chi connectivity index (χ4v) is 4.15. The van der Waals surface area contributed by atoms with Gasteiger partial charge in [0.1, 0.15) is 0 Å².